The normalized spacial score (nSPS) is 12.3. The maximum atomic E-state index is 6.94. The first-order valence-corrected chi connectivity index (χ1v) is 13.4. The zero-order chi connectivity index (χ0) is 25.5. The van der Waals surface area contributed by atoms with E-state index < -0.39 is 0 Å². The monoisotopic (exact) mass is 494 g/mol. The molecule has 1 aliphatic heterocycles. The Morgan fingerprint density at radius 1 is 0.308 bits per heavy atom. The summed E-state index contributed by atoms with van der Waals surface area (Å²) in [6, 6.07) is 48.4. The Morgan fingerprint density at radius 3 is 1.74 bits per heavy atom. The van der Waals surface area contributed by atoms with Crippen LogP contribution in [0.15, 0.2) is 133 Å². The number of ether oxygens (including phenoxy) is 1. The minimum atomic E-state index is 0.942. The second kappa shape index (κ2) is 7.69. The summed E-state index contributed by atoms with van der Waals surface area (Å²) in [6.07, 6.45) is 0. The maximum Gasteiger partial charge on any atom is 0.143 e. The summed E-state index contributed by atoms with van der Waals surface area (Å²) in [6.45, 7) is 0. The van der Waals surface area contributed by atoms with Crippen LogP contribution >= 0.6 is 0 Å². The highest BCUT2D eigenvalue weighted by atomic mass is 16.5. The Balaban J connectivity index is 1.36. The van der Waals surface area contributed by atoms with E-state index in [1.54, 1.807) is 0 Å². The van der Waals surface area contributed by atoms with Crippen molar-refractivity contribution in [3.05, 3.63) is 133 Å². The third-order valence-electron chi connectivity index (χ3n) is 8.41. The van der Waals surface area contributed by atoms with Crippen LogP contribution in [0.25, 0.3) is 76.1 Å². The van der Waals surface area contributed by atoms with Gasteiger partial charge in [0.2, 0.25) is 0 Å². The third-order valence-corrected chi connectivity index (χ3v) is 8.41. The van der Waals surface area contributed by atoms with E-state index >= 15 is 0 Å². The van der Waals surface area contributed by atoms with Crippen LogP contribution in [0.2, 0.25) is 0 Å². The van der Waals surface area contributed by atoms with Crippen molar-refractivity contribution in [1.29, 1.82) is 0 Å². The van der Waals surface area contributed by atoms with E-state index in [-0.39, 0.29) is 0 Å². The average Bonchev–Trinajstić information content (AvgIpc) is 3.00. The van der Waals surface area contributed by atoms with Crippen LogP contribution in [0.4, 0.5) is 0 Å². The van der Waals surface area contributed by atoms with Crippen molar-refractivity contribution >= 4 is 53.9 Å². The van der Waals surface area contributed by atoms with Gasteiger partial charge in [-0.15, -0.1) is 0 Å². The van der Waals surface area contributed by atoms with Gasteiger partial charge in [0.15, 0.2) is 0 Å². The molecule has 0 spiro atoms. The molecule has 39 heavy (non-hydrogen) atoms. The number of hydrogen-bond donors (Lipinski definition) is 0. The van der Waals surface area contributed by atoms with Gasteiger partial charge in [-0.05, 0) is 78.5 Å². The van der Waals surface area contributed by atoms with Crippen molar-refractivity contribution in [2.75, 3.05) is 0 Å². The smallest absolute Gasteiger partial charge is 0.143 e. The highest BCUT2D eigenvalue weighted by Gasteiger charge is 2.25. The summed E-state index contributed by atoms with van der Waals surface area (Å²) in [7, 11) is 0. The van der Waals surface area contributed by atoms with E-state index in [1.807, 2.05) is 0 Å². The predicted molar refractivity (Wildman–Crippen MR) is 165 cm³/mol. The van der Waals surface area contributed by atoms with Gasteiger partial charge in [0.1, 0.15) is 11.5 Å². The Labute approximate surface area is 225 Å². The molecule has 1 heterocycles. The molecule has 1 aliphatic rings. The number of benzene rings is 8. The Bertz CT molecular complexity index is 2310. The zero-order valence-electron chi connectivity index (χ0n) is 21.1. The second-order valence-electron chi connectivity index (χ2n) is 10.5. The van der Waals surface area contributed by atoms with Crippen LogP contribution in [0, 0.1) is 0 Å². The summed E-state index contributed by atoms with van der Waals surface area (Å²) in [5.41, 5.74) is 4.70. The maximum absolute atomic E-state index is 6.94. The lowest BCUT2D eigenvalue weighted by Crippen LogP contribution is -2.00. The Morgan fingerprint density at radius 2 is 0.872 bits per heavy atom. The molecule has 0 N–H and O–H groups in total. The molecule has 0 amide bonds. The topological polar surface area (TPSA) is 9.23 Å². The molecule has 0 unspecified atom stereocenters. The van der Waals surface area contributed by atoms with Crippen LogP contribution in [-0.4, -0.2) is 0 Å². The van der Waals surface area contributed by atoms with E-state index in [0.717, 1.165) is 28.0 Å². The molecular formula is C38H22O. The van der Waals surface area contributed by atoms with Crippen molar-refractivity contribution in [3.63, 3.8) is 0 Å². The minimum absolute atomic E-state index is 0.942. The van der Waals surface area contributed by atoms with Gasteiger partial charge in [-0.25, -0.2) is 0 Å². The molecule has 8 aromatic rings. The Hall–Kier alpha value is -5.14. The van der Waals surface area contributed by atoms with E-state index in [0.29, 0.717) is 0 Å². The van der Waals surface area contributed by atoms with E-state index in [4.69, 9.17) is 4.74 Å². The Kier molecular flexibility index (Phi) is 4.11. The number of fused-ring (bicyclic) bond motifs is 8. The van der Waals surface area contributed by atoms with Gasteiger partial charge in [-0.1, -0.05) is 109 Å². The fraction of sp³-hybridized carbons (Fsp3) is 0. The standard InChI is InChI=1S/C38H22O/c1-3-11-28-23(7-1)15-16-27-22-35-26(21-34(27)28)10-6-13-30(35)32-20-18-25-9-5-14-31-33-19-17-24-8-2-4-12-29(24)37(33)39-38(32)36(25)31/h1-22H. The summed E-state index contributed by atoms with van der Waals surface area (Å²) in [5.74, 6) is 1.88. The molecule has 1 nitrogen and oxygen atoms in total. The van der Waals surface area contributed by atoms with E-state index in [1.165, 1.54) is 59.6 Å². The first-order chi connectivity index (χ1) is 19.3. The van der Waals surface area contributed by atoms with Crippen LogP contribution < -0.4 is 4.74 Å². The predicted octanol–water partition coefficient (Wildman–Crippen LogP) is 10.9. The fourth-order valence-corrected chi connectivity index (χ4v) is 6.57. The van der Waals surface area contributed by atoms with Crippen LogP contribution in [0.1, 0.15) is 0 Å². The lowest BCUT2D eigenvalue weighted by Gasteiger charge is -2.25. The van der Waals surface area contributed by atoms with Gasteiger partial charge < -0.3 is 4.74 Å². The molecule has 0 atom stereocenters. The van der Waals surface area contributed by atoms with Crippen LogP contribution in [0.5, 0.6) is 11.5 Å². The van der Waals surface area contributed by atoms with Gasteiger partial charge >= 0.3 is 0 Å². The van der Waals surface area contributed by atoms with E-state index in [9.17, 15) is 0 Å². The molecule has 0 aromatic heterocycles. The third kappa shape index (κ3) is 2.90. The first-order valence-electron chi connectivity index (χ1n) is 13.4. The van der Waals surface area contributed by atoms with Crippen LogP contribution in [-0.2, 0) is 0 Å². The van der Waals surface area contributed by atoms with Crippen molar-refractivity contribution in [1.82, 2.24) is 0 Å². The molecule has 9 rings (SSSR count). The van der Waals surface area contributed by atoms with Gasteiger partial charge in [0.25, 0.3) is 0 Å². The second-order valence-corrected chi connectivity index (χ2v) is 10.5. The molecule has 0 fully saturated rings. The first kappa shape index (κ1) is 20.9. The molecule has 8 aromatic carbocycles. The molecule has 0 saturated heterocycles. The van der Waals surface area contributed by atoms with Crippen molar-refractivity contribution in [3.8, 4) is 33.8 Å². The average molecular weight is 495 g/mol. The van der Waals surface area contributed by atoms with Gasteiger partial charge in [-0.3, -0.25) is 0 Å². The lowest BCUT2D eigenvalue weighted by molar-refractivity contribution is 0.494. The zero-order valence-corrected chi connectivity index (χ0v) is 21.1. The van der Waals surface area contributed by atoms with Gasteiger partial charge in [0, 0.05) is 21.9 Å². The van der Waals surface area contributed by atoms with Crippen molar-refractivity contribution < 1.29 is 4.74 Å². The molecule has 0 radical (unpaired) electrons. The summed E-state index contributed by atoms with van der Waals surface area (Å²) < 4.78 is 6.94. The van der Waals surface area contributed by atoms with E-state index in [2.05, 4.69) is 133 Å². The quantitative estimate of drug-likeness (QED) is 0.163. The number of rotatable bonds is 1. The molecule has 1 heteroatoms. The van der Waals surface area contributed by atoms with Gasteiger partial charge in [0.05, 0.1) is 0 Å². The summed E-state index contributed by atoms with van der Waals surface area (Å²) in [5, 5.41) is 12.3. The highest BCUT2D eigenvalue weighted by molar-refractivity contribution is 6.16. The summed E-state index contributed by atoms with van der Waals surface area (Å²) in [4.78, 5) is 0. The molecule has 0 aliphatic carbocycles. The van der Waals surface area contributed by atoms with Crippen molar-refractivity contribution in [2.24, 2.45) is 0 Å². The number of hydrogen-bond acceptors (Lipinski definition) is 1. The molecule has 0 saturated carbocycles. The van der Waals surface area contributed by atoms with Crippen LogP contribution in [0.3, 0.4) is 0 Å². The lowest BCUT2D eigenvalue weighted by atomic mass is 9.88. The molecule has 0 bridgehead atoms. The molecular weight excluding hydrogens is 472 g/mol. The molecule has 180 valence electrons. The fourth-order valence-electron chi connectivity index (χ4n) is 6.57. The van der Waals surface area contributed by atoms with Gasteiger partial charge in [-0.2, -0.15) is 0 Å². The van der Waals surface area contributed by atoms with Crippen molar-refractivity contribution in [2.45, 2.75) is 0 Å². The summed E-state index contributed by atoms with van der Waals surface area (Å²) >= 11 is 0. The highest BCUT2D eigenvalue weighted by Crippen LogP contribution is 2.53. The SMILES string of the molecule is c1cc(-c2ccc3cccc4c3c2Oc2c-4ccc3ccccc23)c2cc3ccc4ccccc4c3cc2c1. The minimum Gasteiger partial charge on any atom is -0.455 e. The largest absolute Gasteiger partial charge is 0.455 e.